The van der Waals surface area contributed by atoms with Crippen molar-refractivity contribution < 1.29 is 0 Å². The Morgan fingerprint density at radius 1 is 1.50 bits per heavy atom. The van der Waals surface area contributed by atoms with Crippen LogP contribution >= 0.6 is 0 Å². The number of aromatic nitrogens is 1. The lowest BCUT2D eigenvalue weighted by Gasteiger charge is -2.11. The van der Waals surface area contributed by atoms with E-state index in [1.54, 1.807) is 6.07 Å². The zero-order valence-corrected chi connectivity index (χ0v) is 7.54. The summed E-state index contributed by atoms with van der Waals surface area (Å²) < 4.78 is 0. The Hall–Kier alpha value is -1.09. The molecule has 3 heteroatoms. The van der Waals surface area contributed by atoms with Crippen molar-refractivity contribution in [1.82, 2.24) is 4.98 Å². The normalized spacial score (nSPS) is 12.9. The molecule has 0 amide bonds. The van der Waals surface area contributed by atoms with E-state index in [1.807, 2.05) is 13.0 Å². The summed E-state index contributed by atoms with van der Waals surface area (Å²) in [5.74, 6) is 0.555. The number of hydrogen-bond donors (Lipinski definition) is 2. The van der Waals surface area contributed by atoms with Gasteiger partial charge in [-0.3, -0.25) is 0 Å². The number of anilines is 1. The van der Waals surface area contributed by atoms with Gasteiger partial charge < -0.3 is 11.5 Å². The highest BCUT2D eigenvalue weighted by Crippen LogP contribution is 2.17. The van der Waals surface area contributed by atoms with E-state index < -0.39 is 0 Å². The van der Waals surface area contributed by atoms with Gasteiger partial charge in [-0.25, -0.2) is 4.98 Å². The first-order valence-corrected chi connectivity index (χ1v) is 4.13. The third-order valence-electron chi connectivity index (χ3n) is 1.99. The van der Waals surface area contributed by atoms with Gasteiger partial charge in [0, 0.05) is 11.7 Å². The Bertz CT molecular complexity index is 270. The summed E-state index contributed by atoms with van der Waals surface area (Å²) in [6, 6.07) is 3.82. The molecule has 0 fully saturated rings. The van der Waals surface area contributed by atoms with Crippen LogP contribution in [0.2, 0.25) is 0 Å². The second-order valence-electron chi connectivity index (χ2n) is 2.93. The standard InChI is InChI=1S/C9H15N3/c1-3-8(10)7-4-5-9(11)12-6(7)2/h4-5,8H,3,10H2,1-2H3,(H2,11,12)/t8-/m1/s1. The van der Waals surface area contributed by atoms with Gasteiger partial charge >= 0.3 is 0 Å². The van der Waals surface area contributed by atoms with Crippen LogP contribution in [0, 0.1) is 6.92 Å². The number of nitrogens with two attached hydrogens (primary N) is 2. The van der Waals surface area contributed by atoms with Crippen LogP contribution < -0.4 is 11.5 Å². The Morgan fingerprint density at radius 3 is 2.67 bits per heavy atom. The highest BCUT2D eigenvalue weighted by molar-refractivity contribution is 5.34. The van der Waals surface area contributed by atoms with Gasteiger partial charge in [0.2, 0.25) is 0 Å². The van der Waals surface area contributed by atoms with E-state index in [1.165, 1.54) is 0 Å². The van der Waals surface area contributed by atoms with E-state index in [4.69, 9.17) is 11.5 Å². The van der Waals surface area contributed by atoms with Crippen LogP contribution in [0.15, 0.2) is 12.1 Å². The molecule has 1 aromatic rings. The number of hydrogen-bond acceptors (Lipinski definition) is 3. The van der Waals surface area contributed by atoms with Crippen LogP contribution in [-0.2, 0) is 0 Å². The fraction of sp³-hybridized carbons (Fsp3) is 0.444. The summed E-state index contributed by atoms with van der Waals surface area (Å²) >= 11 is 0. The summed E-state index contributed by atoms with van der Waals surface area (Å²) in [6.45, 7) is 3.99. The lowest BCUT2D eigenvalue weighted by atomic mass is 10.0. The van der Waals surface area contributed by atoms with Crippen LogP contribution in [0.4, 0.5) is 5.82 Å². The maximum atomic E-state index is 5.86. The molecule has 0 spiro atoms. The Morgan fingerprint density at radius 2 is 2.17 bits per heavy atom. The molecule has 1 aromatic heterocycles. The van der Waals surface area contributed by atoms with Gasteiger partial charge in [-0.05, 0) is 25.0 Å². The molecule has 0 aliphatic carbocycles. The van der Waals surface area contributed by atoms with E-state index in [9.17, 15) is 0 Å². The third-order valence-corrected chi connectivity index (χ3v) is 1.99. The van der Waals surface area contributed by atoms with Crippen molar-refractivity contribution in [1.29, 1.82) is 0 Å². The Balaban J connectivity index is 3.01. The highest BCUT2D eigenvalue weighted by atomic mass is 14.8. The van der Waals surface area contributed by atoms with E-state index in [-0.39, 0.29) is 6.04 Å². The molecule has 0 aliphatic rings. The maximum absolute atomic E-state index is 5.86. The zero-order valence-electron chi connectivity index (χ0n) is 7.54. The first-order valence-electron chi connectivity index (χ1n) is 4.13. The molecular weight excluding hydrogens is 150 g/mol. The summed E-state index contributed by atoms with van der Waals surface area (Å²) in [5, 5.41) is 0. The minimum Gasteiger partial charge on any atom is -0.384 e. The molecule has 0 saturated heterocycles. The molecule has 12 heavy (non-hydrogen) atoms. The highest BCUT2D eigenvalue weighted by Gasteiger charge is 2.06. The van der Waals surface area contributed by atoms with Gasteiger partial charge in [0.25, 0.3) is 0 Å². The van der Waals surface area contributed by atoms with Crippen LogP contribution in [0.1, 0.15) is 30.6 Å². The fourth-order valence-corrected chi connectivity index (χ4v) is 1.20. The first-order chi connectivity index (χ1) is 5.65. The molecule has 1 atom stereocenters. The lowest BCUT2D eigenvalue weighted by molar-refractivity contribution is 0.689. The second-order valence-corrected chi connectivity index (χ2v) is 2.93. The molecule has 1 rings (SSSR count). The third kappa shape index (κ3) is 1.74. The quantitative estimate of drug-likeness (QED) is 0.695. The first kappa shape index (κ1) is 9.00. The van der Waals surface area contributed by atoms with Crippen LogP contribution in [0.5, 0.6) is 0 Å². The number of rotatable bonds is 2. The molecule has 0 aliphatic heterocycles. The molecule has 0 bridgehead atoms. The van der Waals surface area contributed by atoms with Gasteiger partial charge in [-0.1, -0.05) is 13.0 Å². The number of nitrogen functional groups attached to an aromatic ring is 1. The molecule has 0 unspecified atom stereocenters. The van der Waals surface area contributed by atoms with Crippen molar-refractivity contribution >= 4 is 5.82 Å². The van der Waals surface area contributed by atoms with E-state index >= 15 is 0 Å². The molecule has 3 nitrogen and oxygen atoms in total. The Labute approximate surface area is 72.8 Å². The SMILES string of the molecule is CC[C@@H](N)c1ccc(N)nc1C. The largest absolute Gasteiger partial charge is 0.384 e. The Kier molecular flexibility index (Phi) is 2.65. The summed E-state index contributed by atoms with van der Waals surface area (Å²) in [4.78, 5) is 4.14. The van der Waals surface area contributed by atoms with Gasteiger partial charge in [-0.15, -0.1) is 0 Å². The molecule has 0 aromatic carbocycles. The second kappa shape index (κ2) is 3.54. The van der Waals surface area contributed by atoms with Gasteiger partial charge in [-0.2, -0.15) is 0 Å². The van der Waals surface area contributed by atoms with E-state index in [2.05, 4.69) is 11.9 Å². The summed E-state index contributed by atoms with van der Waals surface area (Å²) in [5.41, 5.74) is 13.4. The molecule has 0 saturated carbocycles. The minimum absolute atomic E-state index is 0.0816. The minimum atomic E-state index is 0.0816. The van der Waals surface area contributed by atoms with Crippen molar-refractivity contribution in [2.45, 2.75) is 26.3 Å². The van der Waals surface area contributed by atoms with Crippen LogP contribution in [-0.4, -0.2) is 4.98 Å². The van der Waals surface area contributed by atoms with Gasteiger partial charge in [0.1, 0.15) is 5.82 Å². The smallest absolute Gasteiger partial charge is 0.123 e. The maximum Gasteiger partial charge on any atom is 0.123 e. The zero-order chi connectivity index (χ0) is 9.14. The summed E-state index contributed by atoms with van der Waals surface area (Å²) in [7, 11) is 0. The van der Waals surface area contributed by atoms with Gasteiger partial charge in [0.15, 0.2) is 0 Å². The average molecular weight is 165 g/mol. The van der Waals surface area contributed by atoms with Crippen molar-refractivity contribution in [3.63, 3.8) is 0 Å². The lowest BCUT2D eigenvalue weighted by Crippen LogP contribution is -2.11. The fourth-order valence-electron chi connectivity index (χ4n) is 1.20. The average Bonchev–Trinajstić information content (AvgIpc) is 2.03. The molecule has 66 valence electrons. The predicted molar refractivity (Wildman–Crippen MR) is 50.6 cm³/mol. The molecule has 1 heterocycles. The number of aryl methyl sites for hydroxylation is 1. The van der Waals surface area contributed by atoms with Crippen molar-refractivity contribution in [2.24, 2.45) is 5.73 Å². The molecule has 4 N–H and O–H groups in total. The monoisotopic (exact) mass is 165 g/mol. The van der Waals surface area contributed by atoms with Gasteiger partial charge in [0.05, 0.1) is 0 Å². The predicted octanol–water partition coefficient (Wildman–Crippen LogP) is 1.38. The molecular formula is C9H15N3. The number of pyridine rings is 1. The molecule has 0 radical (unpaired) electrons. The van der Waals surface area contributed by atoms with Crippen LogP contribution in [0.3, 0.4) is 0 Å². The van der Waals surface area contributed by atoms with Crippen molar-refractivity contribution in [2.75, 3.05) is 5.73 Å². The van der Waals surface area contributed by atoms with Crippen molar-refractivity contribution in [3.05, 3.63) is 23.4 Å². The number of nitrogens with zero attached hydrogens (tertiary/aromatic N) is 1. The van der Waals surface area contributed by atoms with Crippen molar-refractivity contribution in [3.8, 4) is 0 Å². The van der Waals surface area contributed by atoms with E-state index in [0.29, 0.717) is 5.82 Å². The topological polar surface area (TPSA) is 64.9 Å². The summed E-state index contributed by atoms with van der Waals surface area (Å²) in [6.07, 6.45) is 0.923. The van der Waals surface area contributed by atoms with E-state index in [0.717, 1.165) is 17.7 Å². The van der Waals surface area contributed by atoms with Crippen LogP contribution in [0.25, 0.3) is 0 Å².